The Bertz CT molecular complexity index is 474. The third-order valence-electron chi connectivity index (χ3n) is 2.90. The van der Waals surface area contributed by atoms with E-state index in [2.05, 4.69) is 39.7 Å². The summed E-state index contributed by atoms with van der Waals surface area (Å²) in [7, 11) is 0. The zero-order chi connectivity index (χ0) is 14.0. The summed E-state index contributed by atoms with van der Waals surface area (Å²) in [6, 6.07) is 1.84. The first-order valence-electron chi connectivity index (χ1n) is 6.53. The number of carbonyl (C=O) groups is 1. The molecule has 2 rings (SSSR count). The van der Waals surface area contributed by atoms with Crippen LogP contribution in [-0.4, -0.2) is 29.0 Å². The Morgan fingerprint density at radius 3 is 2.74 bits per heavy atom. The van der Waals surface area contributed by atoms with Gasteiger partial charge in [0.15, 0.2) is 0 Å². The van der Waals surface area contributed by atoms with Gasteiger partial charge in [-0.1, -0.05) is 13.8 Å². The number of hydrogen-bond acceptors (Lipinski definition) is 4. The minimum Gasteiger partial charge on any atom is -0.368 e. The van der Waals surface area contributed by atoms with Crippen LogP contribution in [0.4, 0.5) is 5.82 Å². The second-order valence-electron chi connectivity index (χ2n) is 5.42. The summed E-state index contributed by atoms with van der Waals surface area (Å²) in [5.41, 5.74) is 5.32. The molecule has 1 aromatic rings. The van der Waals surface area contributed by atoms with Crippen molar-refractivity contribution in [1.29, 1.82) is 0 Å². The summed E-state index contributed by atoms with van der Waals surface area (Å²) in [4.78, 5) is 22.1. The molecule has 0 atom stereocenters. The third kappa shape index (κ3) is 4.16. The molecule has 0 aliphatic heterocycles. The third-order valence-corrected chi connectivity index (χ3v) is 3.30. The molecule has 1 aromatic heterocycles. The number of amides is 1. The van der Waals surface area contributed by atoms with Crippen LogP contribution in [0.3, 0.4) is 0 Å². The molecule has 0 bridgehead atoms. The first-order valence-corrected chi connectivity index (χ1v) is 7.32. The minimum absolute atomic E-state index is 0.186. The molecule has 1 heterocycles. The molecule has 0 saturated heterocycles. The van der Waals surface area contributed by atoms with Gasteiger partial charge in [0.1, 0.15) is 16.2 Å². The van der Waals surface area contributed by atoms with E-state index < -0.39 is 0 Å². The Morgan fingerprint density at radius 2 is 2.21 bits per heavy atom. The van der Waals surface area contributed by atoms with Crippen LogP contribution in [0, 0.1) is 5.92 Å². The zero-order valence-corrected chi connectivity index (χ0v) is 12.9. The molecule has 1 amide bonds. The summed E-state index contributed by atoms with van der Waals surface area (Å²) in [6.07, 6.45) is 2.30. The fourth-order valence-corrected chi connectivity index (χ4v) is 2.36. The molecular formula is C13H19BrN4O. The van der Waals surface area contributed by atoms with Crippen molar-refractivity contribution >= 4 is 27.7 Å². The van der Waals surface area contributed by atoms with Gasteiger partial charge in [0, 0.05) is 18.5 Å². The van der Waals surface area contributed by atoms with Crippen molar-refractivity contribution in [2.75, 3.05) is 18.0 Å². The van der Waals surface area contributed by atoms with E-state index in [-0.39, 0.29) is 12.5 Å². The second kappa shape index (κ2) is 5.86. The van der Waals surface area contributed by atoms with E-state index in [9.17, 15) is 4.79 Å². The highest BCUT2D eigenvalue weighted by Gasteiger charge is 2.28. The molecule has 0 aromatic carbocycles. The summed E-state index contributed by atoms with van der Waals surface area (Å²) in [5.74, 6) is 2.20. The Balaban J connectivity index is 2.25. The maximum Gasteiger partial charge on any atom is 0.236 e. The standard InChI is InChI=1S/C13H19BrN4O/c1-8(2)6-18(7-11(15)19)12-5-10(14)16-13(17-12)9-3-4-9/h5,8-9H,3-4,6-7H2,1-2H3,(H2,15,19). The minimum atomic E-state index is -0.344. The maximum atomic E-state index is 11.2. The summed E-state index contributed by atoms with van der Waals surface area (Å²) in [6.45, 7) is 5.14. The van der Waals surface area contributed by atoms with Crippen LogP contribution in [0.25, 0.3) is 0 Å². The van der Waals surface area contributed by atoms with Crippen LogP contribution in [0.2, 0.25) is 0 Å². The smallest absolute Gasteiger partial charge is 0.236 e. The van der Waals surface area contributed by atoms with Crippen molar-refractivity contribution in [3.05, 3.63) is 16.5 Å². The van der Waals surface area contributed by atoms with E-state index in [1.165, 1.54) is 0 Å². The highest BCUT2D eigenvalue weighted by atomic mass is 79.9. The average Bonchev–Trinajstić information content (AvgIpc) is 3.09. The lowest BCUT2D eigenvalue weighted by Crippen LogP contribution is -2.37. The highest BCUT2D eigenvalue weighted by Crippen LogP contribution is 2.39. The van der Waals surface area contributed by atoms with Gasteiger partial charge in [-0.15, -0.1) is 0 Å². The largest absolute Gasteiger partial charge is 0.368 e. The number of nitrogens with zero attached hydrogens (tertiary/aromatic N) is 3. The van der Waals surface area contributed by atoms with Crippen LogP contribution in [-0.2, 0) is 4.79 Å². The van der Waals surface area contributed by atoms with Crippen molar-refractivity contribution in [3.63, 3.8) is 0 Å². The Kier molecular flexibility index (Phi) is 4.39. The molecule has 2 N–H and O–H groups in total. The van der Waals surface area contributed by atoms with E-state index in [0.29, 0.717) is 11.8 Å². The lowest BCUT2D eigenvalue weighted by atomic mass is 10.2. The van der Waals surface area contributed by atoms with E-state index in [1.54, 1.807) is 0 Å². The molecule has 5 nitrogen and oxygen atoms in total. The topological polar surface area (TPSA) is 72.1 Å². The molecule has 1 aliphatic carbocycles. The first kappa shape index (κ1) is 14.2. The fraction of sp³-hybridized carbons (Fsp3) is 0.615. The van der Waals surface area contributed by atoms with E-state index in [1.807, 2.05) is 11.0 Å². The van der Waals surface area contributed by atoms with Crippen molar-refractivity contribution < 1.29 is 4.79 Å². The van der Waals surface area contributed by atoms with Crippen molar-refractivity contribution in [2.45, 2.75) is 32.6 Å². The van der Waals surface area contributed by atoms with Gasteiger partial charge in [-0.05, 0) is 34.7 Å². The molecule has 1 aliphatic rings. The number of halogens is 1. The first-order chi connectivity index (χ1) is 8.95. The van der Waals surface area contributed by atoms with Crippen molar-refractivity contribution in [1.82, 2.24) is 9.97 Å². The van der Waals surface area contributed by atoms with Gasteiger partial charge in [-0.3, -0.25) is 4.79 Å². The molecular weight excluding hydrogens is 308 g/mol. The Hall–Kier alpha value is -1.17. The number of nitrogens with two attached hydrogens (primary N) is 1. The number of aromatic nitrogens is 2. The van der Waals surface area contributed by atoms with Gasteiger partial charge < -0.3 is 10.6 Å². The maximum absolute atomic E-state index is 11.2. The van der Waals surface area contributed by atoms with Gasteiger partial charge in [0.05, 0.1) is 6.54 Å². The lowest BCUT2D eigenvalue weighted by Gasteiger charge is -2.24. The molecule has 1 saturated carbocycles. The normalized spacial score (nSPS) is 14.7. The van der Waals surface area contributed by atoms with E-state index in [4.69, 9.17) is 5.73 Å². The molecule has 104 valence electrons. The molecule has 19 heavy (non-hydrogen) atoms. The van der Waals surface area contributed by atoms with Gasteiger partial charge in [0.25, 0.3) is 0 Å². The van der Waals surface area contributed by atoms with Crippen LogP contribution in [0.1, 0.15) is 38.4 Å². The predicted molar refractivity (Wildman–Crippen MR) is 78.0 cm³/mol. The molecule has 0 radical (unpaired) electrons. The van der Waals surface area contributed by atoms with Gasteiger partial charge >= 0.3 is 0 Å². The molecule has 1 fully saturated rings. The molecule has 0 spiro atoms. The zero-order valence-electron chi connectivity index (χ0n) is 11.3. The number of carbonyl (C=O) groups excluding carboxylic acids is 1. The monoisotopic (exact) mass is 326 g/mol. The van der Waals surface area contributed by atoms with Crippen LogP contribution in [0.15, 0.2) is 10.7 Å². The van der Waals surface area contributed by atoms with Gasteiger partial charge in [-0.25, -0.2) is 9.97 Å². The van der Waals surface area contributed by atoms with Crippen molar-refractivity contribution in [3.8, 4) is 0 Å². The number of rotatable bonds is 6. The predicted octanol–water partition coefficient (Wildman–Crippen LogP) is 2.06. The Morgan fingerprint density at radius 1 is 1.53 bits per heavy atom. The summed E-state index contributed by atoms with van der Waals surface area (Å²) < 4.78 is 0.762. The SMILES string of the molecule is CC(C)CN(CC(N)=O)c1cc(Br)nc(C2CC2)n1. The summed E-state index contributed by atoms with van der Waals surface area (Å²) in [5, 5.41) is 0. The second-order valence-corrected chi connectivity index (χ2v) is 6.23. The van der Waals surface area contributed by atoms with Crippen LogP contribution < -0.4 is 10.6 Å². The quantitative estimate of drug-likeness (QED) is 0.812. The number of anilines is 1. The van der Waals surface area contributed by atoms with E-state index >= 15 is 0 Å². The van der Waals surface area contributed by atoms with E-state index in [0.717, 1.165) is 35.6 Å². The number of hydrogen-bond donors (Lipinski definition) is 1. The molecule has 6 heteroatoms. The lowest BCUT2D eigenvalue weighted by molar-refractivity contribution is -0.116. The van der Waals surface area contributed by atoms with Crippen LogP contribution in [0.5, 0.6) is 0 Å². The van der Waals surface area contributed by atoms with Crippen LogP contribution >= 0.6 is 15.9 Å². The number of primary amides is 1. The average molecular weight is 327 g/mol. The highest BCUT2D eigenvalue weighted by molar-refractivity contribution is 9.10. The van der Waals surface area contributed by atoms with Gasteiger partial charge in [0.2, 0.25) is 5.91 Å². The van der Waals surface area contributed by atoms with Crippen molar-refractivity contribution in [2.24, 2.45) is 11.7 Å². The summed E-state index contributed by atoms with van der Waals surface area (Å²) >= 11 is 3.42. The van der Waals surface area contributed by atoms with Gasteiger partial charge in [-0.2, -0.15) is 0 Å². The Labute approximate surface area is 121 Å². The molecule has 0 unspecified atom stereocenters. The fourth-order valence-electron chi connectivity index (χ4n) is 1.98.